The SMILES string of the molecule is COC1(c2nc(C(C)C)c(CNC(C)C)s2)CCCCC1. The zero-order valence-electron chi connectivity index (χ0n) is 14.2. The van der Waals surface area contributed by atoms with Gasteiger partial charge in [0.05, 0.1) is 5.69 Å². The predicted octanol–water partition coefficient (Wildman–Crippen LogP) is 4.57. The summed E-state index contributed by atoms with van der Waals surface area (Å²) in [6.45, 7) is 9.77. The number of thiazole rings is 1. The molecule has 0 aliphatic heterocycles. The van der Waals surface area contributed by atoms with E-state index in [1.165, 1.54) is 34.8 Å². The van der Waals surface area contributed by atoms with Crippen LogP contribution in [0.15, 0.2) is 0 Å². The van der Waals surface area contributed by atoms with Gasteiger partial charge >= 0.3 is 0 Å². The van der Waals surface area contributed by atoms with Crippen LogP contribution in [0.5, 0.6) is 0 Å². The van der Waals surface area contributed by atoms with Crippen LogP contribution in [0, 0.1) is 0 Å². The van der Waals surface area contributed by atoms with Crippen LogP contribution in [0.25, 0.3) is 0 Å². The van der Waals surface area contributed by atoms with Crippen molar-refractivity contribution in [2.45, 2.75) is 83.9 Å². The quantitative estimate of drug-likeness (QED) is 0.835. The minimum absolute atomic E-state index is 0.122. The second-order valence-corrected chi connectivity index (χ2v) is 7.86. The summed E-state index contributed by atoms with van der Waals surface area (Å²) in [5.41, 5.74) is 1.13. The molecule has 1 aromatic heterocycles. The largest absolute Gasteiger partial charge is 0.371 e. The molecule has 0 radical (unpaired) electrons. The third-order valence-corrected chi connectivity index (χ3v) is 5.64. The van der Waals surface area contributed by atoms with Crippen molar-refractivity contribution < 1.29 is 4.74 Å². The van der Waals surface area contributed by atoms with Crippen LogP contribution in [0.1, 0.15) is 81.3 Å². The normalized spacial score (nSPS) is 18.6. The van der Waals surface area contributed by atoms with E-state index in [1.54, 1.807) is 0 Å². The number of nitrogens with zero attached hydrogens (tertiary/aromatic N) is 1. The first-order valence-electron chi connectivity index (χ1n) is 8.27. The second-order valence-electron chi connectivity index (χ2n) is 6.78. The molecule has 1 aliphatic carbocycles. The summed E-state index contributed by atoms with van der Waals surface area (Å²) in [5, 5.41) is 4.74. The predicted molar refractivity (Wildman–Crippen MR) is 90.0 cm³/mol. The molecule has 0 aromatic carbocycles. The molecule has 1 aromatic rings. The zero-order chi connectivity index (χ0) is 15.5. The number of rotatable bonds is 6. The highest BCUT2D eigenvalue weighted by Gasteiger charge is 2.37. The summed E-state index contributed by atoms with van der Waals surface area (Å²) in [7, 11) is 1.85. The van der Waals surface area contributed by atoms with E-state index < -0.39 is 0 Å². The molecule has 4 heteroatoms. The van der Waals surface area contributed by atoms with Gasteiger partial charge in [0.2, 0.25) is 0 Å². The van der Waals surface area contributed by atoms with Crippen molar-refractivity contribution in [2.24, 2.45) is 0 Å². The Morgan fingerprint density at radius 1 is 1.19 bits per heavy atom. The van der Waals surface area contributed by atoms with Gasteiger partial charge in [0, 0.05) is 24.6 Å². The maximum absolute atomic E-state index is 5.97. The van der Waals surface area contributed by atoms with Crippen molar-refractivity contribution in [3.05, 3.63) is 15.6 Å². The average molecular weight is 311 g/mol. The van der Waals surface area contributed by atoms with Crippen LogP contribution in [-0.2, 0) is 16.9 Å². The Labute approximate surface area is 133 Å². The maximum Gasteiger partial charge on any atom is 0.125 e. The van der Waals surface area contributed by atoms with Crippen molar-refractivity contribution >= 4 is 11.3 Å². The first-order chi connectivity index (χ1) is 9.98. The highest BCUT2D eigenvalue weighted by Crippen LogP contribution is 2.43. The van der Waals surface area contributed by atoms with Gasteiger partial charge < -0.3 is 10.1 Å². The molecule has 1 fully saturated rings. The van der Waals surface area contributed by atoms with E-state index >= 15 is 0 Å². The molecule has 120 valence electrons. The second kappa shape index (κ2) is 7.21. The minimum atomic E-state index is -0.122. The van der Waals surface area contributed by atoms with Crippen LogP contribution in [0.2, 0.25) is 0 Å². The Balaban J connectivity index is 2.28. The van der Waals surface area contributed by atoms with Crippen LogP contribution in [0.3, 0.4) is 0 Å². The first-order valence-corrected chi connectivity index (χ1v) is 9.09. The van der Waals surface area contributed by atoms with Gasteiger partial charge in [-0.15, -0.1) is 11.3 Å². The molecule has 2 rings (SSSR count). The number of ether oxygens (including phenoxy) is 1. The van der Waals surface area contributed by atoms with E-state index in [-0.39, 0.29) is 5.60 Å². The van der Waals surface area contributed by atoms with Gasteiger partial charge in [0.15, 0.2) is 0 Å². The summed E-state index contributed by atoms with van der Waals surface area (Å²) in [5.74, 6) is 0.469. The van der Waals surface area contributed by atoms with Gasteiger partial charge in [-0.3, -0.25) is 0 Å². The van der Waals surface area contributed by atoms with Crippen molar-refractivity contribution in [1.29, 1.82) is 0 Å². The smallest absolute Gasteiger partial charge is 0.125 e. The lowest BCUT2D eigenvalue weighted by molar-refractivity contribution is -0.0447. The van der Waals surface area contributed by atoms with E-state index in [0.29, 0.717) is 12.0 Å². The number of methoxy groups -OCH3 is 1. The van der Waals surface area contributed by atoms with Gasteiger partial charge in [0.1, 0.15) is 10.6 Å². The van der Waals surface area contributed by atoms with E-state index in [9.17, 15) is 0 Å². The Morgan fingerprint density at radius 2 is 1.86 bits per heavy atom. The number of nitrogens with one attached hydrogen (secondary N) is 1. The fourth-order valence-corrected chi connectivity index (χ4v) is 4.45. The summed E-state index contributed by atoms with van der Waals surface area (Å²) < 4.78 is 5.97. The molecule has 0 unspecified atom stereocenters. The minimum Gasteiger partial charge on any atom is -0.371 e. The van der Waals surface area contributed by atoms with Crippen LogP contribution < -0.4 is 5.32 Å². The highest BCUT2D eigenvalue weighted by atomic mass is 32.1. The van der Waals surface area contributed by atoms with Gasteiger partial charge in [-0.1, -0.05) is 47.0 Å². The molecular weight excluding hydrogens is 280 g/mol. The maximum atomic E-state index is 5.97. The van der Waals surface area contributed by atoms with Gasteiger partial charge in [-0.05, 0) is 18.8 Å². The molecule has 0 bridgehead atoms. The van der Waals surface area contributed by atoms with Crippen LogP contribution >= 0.6 is 11.3 Å². The summed E-state index contributed by atoms with van der Waals surface area (Å²) in [4.78, 5) is 6.39. The molecular formula is C17H30N2OS. The number of hydrogen-bond acceptors (Lipinski definition) is 4. The number of aromatic nitrogens is 1. The molecule has 21 heavy (non-hydrogen) atoms. The standard InChI is InChI=1S/C17H30N2OS/c1-12(2)15-14(11-18-13(3)4)21-16(19-15)17(20-5)9-7-6-8-10-17/h12-13,18H,6-11H2,1-5H3. The molecule has 1 N–H and O–H groups in total. The molecule has 0 spiro atoms. The third kappa shape index (κ3) is 3.85. The van der Waals surface area contributed by atoms with Crippen molar-refractivity contribution in [2.75, 3.05) is 7.11 Å². The topological polar surface area (TPSA) is 34.1 Å². The molecule has 3 nitrogen and oxygen atoms in total. The monoisotopic (exact) mass is 310 g/mol. The Hall–Kier alpha value is -0.450. The summed E-state index contributed by atoms with van der Waals surface area (Å²) in [6.07, 6.45) is 6.07. The Bertz CT molecular complexity index is 448. The van der Waals surface area contributed by atoms with Crippen molar-refractivity contribution in [1.82, 2.24) is 10.3 Å². The lowest BCUT2D eigenvalue weighted by Gasteiger charge is -2.34. The Kier molecular flexibility index (Phi) is 5.81. The van der Waals surface area contributed by atoms with Gasteiger partial charge in [-0.25, -0.2) is 4.98 Å². The molecule has 0 saturated heterocycles. The van der Waals surface area contributed by atoms with E-state index in [2.05, 4.69) is 33.0 Å². The Morgan fingerprint density at radius 3 is 2.38 bits per heavy atom. The molecule has 0 amide bonds. The molecule has 1 heterocycles. The van der Waals surface area contributed by atoms with Crippen molar-refractivity contribution in [3.8, 4) is 0 Å². The van der Waals surface area contributed by atoms with Crippen LogP contribution in [-0.4, -0.2) is 18.1 Å². The van der Waals surface area contributed by atoms with Crippen LogP contribution in [0.4, 0.5) is 0 Å². The highest BCUT2D eigenvalue weighted by molar-refractivity contribution is 7.11. The third-order valence-electron chi connectivity index (χ3n) is 4.39. The van der Waals surface area contributed by atoms with Gasteiger partial charge in [-0.2, -0.15) is 0 Å². The first kappa shape index (κ1) is 16.9. The molecule has 0 atom stereocenters. The fourth-order valence-electron chi connectivity index (χ4n) is 3.06. The molecule has 1 saturated carbocycles. The fraction of sp³-hybridized carbons (Fsp3) is 0.824. The van der Waals surface area contributed by atoms with E-state index in [4.69, 9.17) is 9.72 Å². The lowest BCUT2D eigenvalue weighted by Crippen LogP contribution is -2.31. The average Bonchev–Trinajstić information content (AvgIpc) is 2.91. The van der Waals surface area contributed by atoms with E-state index in [0.717, 1.165) is 19.4 Å². The summed E-state index contributed by atoms with van der Waals surface area (Å²) in [6, 6.07) is 0.502. The van der Waals surface area contributed by atoms with Crippen molar-refractivity contribution in [3.63, 3.8) is 0 Å². The zero-order valence-corrected chi connectivity index (χ0v) is 15.0. The lowest BCUT2D eigenvalue weighted by atomic mass is 9.85. The van der Waals surface area contributed by atoms with E-state index in [1.807, 2.05) is 18.4 Å². The number of hydrogen-bond donors (Lipinski definition) is 1. The molecule has 1 aliphatic rings. The summed E-state index contributed by atoms with van der Waals surface area (Å²) >= 11 is 1.86. The van der Waals surface area contributed by atoms with Gasteiger partial charge in [0.25, 0.3) is 0 Å².